The van der Waals surface area contributed by atoms with Crippen LogP contribution >= 0.6 is 0 Å². The van der Waals surface area contributed by atoms with Crippen LogP contribution in [-0.4, -0.2) is 24.3 Å². The molecule has 2 aromatic carbocycles. The van der Waals surface area contributed by atoms with E-state index in [1.165, 1.54) is 0 Å². The van der Waals surface area contributed by atoms with E-state index in [2.05, 4.69) is 10.3 Å². The van der Waals surface area contributed by atoms with Crippen molar-refractivity contribution in [3.63, 3.8) is 0 Å². The van der Waals surface area contributed by atoms with Crippen LogP contribution in [0.2, 0.25) is 0 Å². The number of aromatic nitrogens is 1. The summed E-state index contributed by atoms with van der Waals surface area (Å²) >= 11 is 0. The van der Waals surface area contributed by atoms with Gasteiger partial charge in [0.25, 0.3) is 0 Å². The quantitative estimate of drug-likeness (QED) is 0.691. The Hall–Kier alpha value is -3.39. The first-order valence-electron chi connectivity index (χ1n) is 9.09. The second kappa shape index (κ2) is 7.56. The Kier molecular flexibility index (Phi) is 4.94. The molecular weight excluding hydrogens is 388 g/mol. The highest BCUT2D eigenvalue weighted by molar-refractivity contribution is 7.91. The predicted molar refractivity (Wildman–Crippen MR) is 108 cm³/mol. The van der Waals surface area contributed by atoms with Crippen molar-refractivity contribution in [2.24, 2.45) is 0 Å². The van der Waals surface area contributed by atoms with Crippen molar-refractivity contribution in [2.45, 2.75) is 29.4 Å². The fourth-order valence-corrected chi connectivity index (χ4v) is 4.57. The smallest absolute Gasteiger partial charge is 0.318 e. The topological polar surface area (TPSA) is 105 Å². The number of benzene rings is 2. The summed E-state index contributed by atoms with van der Waals surface area (Å²) in [6.07, 6.45) is 1.64. The van der Waals surface area contributed by atoms with E-state index < -0.39 is 9.84 Å². The van der Waals surface area contributed by atoms with Crippen LogP contribution in [-0.2, 0) is 29.5 Å². The Morgan fingerprint density at radius 1 is 1.00 bits per heavy atom. The predicted octanol–water partition coefficient (Wildman–Crippen LogP) is 2.72. The van der Waals surface area contributed by atoms with Gasteiger partial charge in [-0.3, -0.25) is 0 Å². The monoisotopic (exact) mass is 408 g/mol. The van der Waals surface area contributed by atoms with Crippen molar-refractivity contribution in [1.29, 1.82) is 0 Å². The maximum Gasteiger partial charge on any atom is 0.318 e. The SMILES string of the molecule is Nc1nccc2c1CN(C(=O)NCc1ccc(S(=O)(=O)c3ccccc3)cc1)C2. The number of nitrogens with zero attached hydrogens (tertiary/aromatic N) is 2. The summed E-state index contributed by atoms with van der Waals surface area (Å²) in [5.41, 5.74) is 8.57. The first-order valence-corrected chi connectivity index (χ1v) is 10.6. The summed E-state index contributed by atoms with van der Waals surface area (Å²) in [4.78, 5) is 18.7. The highest BCUT2D eigenvalue weighted by Gasteiger charge is 2.25. The van der Waals surface area contributed by atoms with Gasteiger partial charge in [-0.05, 0) is 41.5 Å². The van der Waals surface area contributed by atoms with Gasteiger partial charge >= 0.3 is 6.03 Å². The van der Waals surface area contributed by atoms with E-state index in [-0.39, 0.29) is 15.8 Å². The van der Waals surface area contributed by atoms with Gasteiger partial charge in [0, 0.05) is 24.8 Å². The molecule has 0 atom stereocenters. The molecule has 1 aromatic heterocycles. The van der Waals surface area contributed by atoms with Crippen molar-refractivity contribution >= 4 is 21.7 Å². The number of nitrogen functional groups attached to an aromatic ring is 1. The van der Waals surface area contributed by atoms with E-state index in [9.17, 15) is 13.2 Å². The summed E-state index contributed by atoms with van der Waals surface area (Å²) in [5, 5.41) is 2.86. The lowest BCUT2D eigenvalue weighted by atomic mass is 10.2. The molecule has 7 nitrogen and oxygen atoms in total. The first kappa shape index (κ1) is 18.9. The molecule has 0 spiro atoms. The van der Waals surface area contributed by atoms with E-state index >= 15 is 0 Å². The number of fused-ring (bicyclic) bond motifs is 1. The summed E-state index contributed by atoms with van der Waals surface area (Å²) in [5.74, 6) is 0.452. The lowest BCUT2D eigenvalue weighted by Gasteiger charge is -2.16. The van der Waals surface area contributed by atoms with Crippen LogP contribution in [0.1, 0.15) is 16.7 Å². The number of hydrogen-bond acceptors (Lipinski definition) is 5. The number of sulfone groups is 1. The maximum absolute atomic E-state index is 12.6. The molecule has 1 aliphatic heterocycles. The zero-order chi connectivity index (χ0) is 20.4. The average Bonchev–Trinajstić information content (AvgIpc) is 3.19. The molecule has 1 aliphatic rings. The third kappa shape index (κ3) is 3.79. The number of pyridine rings is 1. The minimum atomic E-state index is -3.55. The zero-order valence-corrected chi connectivity index (χ0v) is 16.4. The summed E-state index contributed by atoms with van der Waals surface area (Å²) in [6.45, 7) is 1.21. The molecule has 3 aromatic rings. The Balaban J connectivity index is 1.39. The minimum Gasteiger partial charge on any atom is -0.383 e. The molecule has 148 valence electrons. The summed E-state index contributed by atoms with van der Waals surface area (Å²) < 4.78 is 25.3. The Morgan fingerprint density at radius 2 is 1.69 bits per heavy atom. The Bertz CT molecular complexity index is 1150. The third-order valence-corrected chi connectivity index (χ3v) is 6.70. The average molecular weight is 408 g/mol. The standard InChI is InChI=1S/C21H20N4O3S/c22-20-19-14-25(13-16(19)10-11-23-20)21(26)24-12-15-6-8-18(9-7-15)29(27,28)17-4-2-1-3-5-17/h1-11H,12-14H2,(H2,22,23)(H,24,26). The fourth-order valence-electron chi connectivity index (χ4n) is 3.29. The van der Waals surface area contributed by atoms with Gasteiger partial charge in [-0.15, -0.1) is 0 Å². The molecule has 2 heterocycles. The van der Waals surface area contributed by atoms with E-state index in [0.29, 0.717) is 25.5 Å². The van der Waals surface area contributed by atoms with Crippen LogP contribution in [0.4, 0.5) is 10.6 Å². The Morgan fingerprint density at radius 3 is 2.38 bits per heavy atom. The van der Waals surface area contributed by atoms with Crippen molar-refractivity contribution in [3.8, 4) is 0 Å². The van der Waals surface area contributed by atoms with Gasteiger partial charge in [0.05, 0.1) is 16.3 Å². The molecule has 0 saturated carbocycles. The molecule has 8 heteroatoms. The number of carbonyl (C=O) groups is 1. The summed E-state index contributed by atoms with van der Waals surface area (Å²) in [7, 11) is -3.55. The molecule has 0 fully saturated rings. The molecule has 0 bridgehead atoms. The third-order valence-electron chi connectivity index (χ3n) is 4.91. The van der Waals surface area contributed by atoms with Gasteiger partial charge in [0.15, 0.2) is 0 Å². The fraction of sp³-hybridized carbons (Fsp3) is 0.143. The molecule has 0 unspecified atom stereocenters. The maximum atomic E-state index is 12.6. The van der Waals surface area contributed by atoms with Crippen molar-refractivity contribution in [1.82, 2.24) is 15.2 Å². The molecule has 2 amide bonds. The van der Waals surface area contributed by atoms with E-state index in [1.54, 1.807) is 65.7 Å². The molecule has 0 radical (unpaired) electrons. The number of nitrogens with two attached hydrogens (primary N) is 1. The molecule has 0 saturated heterocycles. The van der Waals surface area contributed by atoms with Crippen LogP contribution in [0.5, 0.6) is 0 Å². The Labute approximate surface area is 169 Å². The highest BCUT2D eigenvalue weighted by atomic mass is 32.2. The molecular formula is C21H20N4O3S. The van der Waals surface area contributed by atoms with E-state index in [1.807, 2.05) is 6.07 Å². The van der Waals surface area contributed by atoms with Crippen LogP contribution in [0, 0.1) is 0 Å². The number of carbonyl (C=O) groups excluding carboxylic acids is 1. The van der Waals surface area contributed by atoms with Crippen LogP contribution in [0.3, 0.4) is 0 Å². The zero-order valence-electron chi connectivity index (χ0n) is 15.6. The van der Waals surface area contributed by atoms with Gasteiger partial charge < -0.3 is 16.0 Å². The number of hydrogen-bond donors (Lipinski definition) is 2. The van der Waals surface area contributed by atoms with Crippen LogP contribution in [0.25, 0.3) is 0 Å². The van der Waals surface area contributed by atoms with Crippen molar-refractivity contribution in [3.05, 3.63) is 83.6 Å². The largest absolute Gasteiger partial charge is 0.383 e. The van der Waals surface area contributed by atoms with Gasteiger partial charge in [0.1, 0.15) is 5.82 Å². The van der Waals surface area contributed by atoms with Crippen molar-refractivity contribution < 1.29 is 13.2 Å². The highest BCUT2D eigenvalue weighted by Crippen LogP contribution is 2.26. The van der Waals surface area contributed by atoms with Gasteiger partial charge in [0.2, 0.25) is 9.84 Å². The van der Waals surface area contributed by atoms with Crippen LogP contribution in [0.15, 0.2) is 76.7 Å². The van der Waals surface area contributed by atoms with Crippen molar-refractivity contribution in [2.75, 3.05) is 5.73 Å². The molecule has 3 N–H and O–H groups in total. The number of urea groups is 1. The number of nitrogens with one attached hydrogen (secondary N) is 1. The first-order chi connectivity index (χ1) is 13.9. The minimum absolute atomic E-state index is 0.207. The number of amides is 2. The lowest BCUT2D eigenvalue weighted by Crippen LogP contribution is -2.36. The molecule has 4 rings (SSSR count). The summed E-state index contributed by atoms with van der Waals surface area (Å²) in [6, 6.07) is 16.5. The number of rotatable bonds is 4. The molecule has 29 heavy (non-hydrogen) atoms. The second-order valence-corrected chi connectivity index (χ2v) is 8.76. The van der Waals surface area contributed by atoms with E-state index in [4.69, 9.17) is 5.73 Å². The van der Waals surface area contributed by atoms with Gasteiger partial charge in [-0.25, -0.2) is 18.2 Å². The van der Waals surface area contributed by atoms with Crippen LogP contribution < -0.4 is 11.1 Å². The van der Waals surface area contributed by atoms with Gasteiger partial charge in [-0.1, -0.05) is 30.3 Å². The second-order valence-electron chi connectivity index (χ2n) is 6.81. The van der Waals surface area contributed by atoms with Gasteiger partial charge in [-0.2, -0.15) is 0 Å². The number of anilines is 1. The normalized spacial score (nSPS) is 13.2. The lowest BCUT2D eigenvalue weighted by molar-refractivity contribution is 0.198. The van der Waals surface area contributed by atoms with E-state index in [0.717, 1.165) is 16.7 Å². The molecule has 0 aliphatic carbocycles.